The monoisotopic (exact) mass is 422 g/mol. The Labute approximate surface area is 161 Å². The first-order valence-electron chi connectivity index (χ1n) is 7.97. The molecule has 2 nitrogen and oxygen atoms in total. The highest BCUT2D eigenvalue weighted by Crippen LogP contribution is 2.40. The van der Waals surface area contributed by atoms with Crippen molar-refractivity contribution in [3.63, 3.8) is 0 Å². The number of hydrogen-bond donors (Lipinski definition) is 0. The minimum atomic E-state index is -4.84. The molecule has 2 aromatic carbocycles. The summed E-state index contributed by atoms with van der Waals surface area (Å²) in [7, 11) is 0. The van der Waals surface area contributed by atoms with Crippen LogP contribution in [0.2, 0.25) is 0 Å². The van der Waals surface area contributed by atoms with E-state index in [1.54, 1.807) is 0 Å². The largest absolute Gasteiger partial charge is 0.456 e. The van der Waals surface area contributed by atoms with Gasteiger partial charge in [0.1, 0.15) is 5.60 Å². The molecule has 0 amide bonds. The maximum Gasteiger partial charge on any atom is 0.417 e. The second-order valence-corrected chi connectivity index (χ2v) is 7.92. The number of esters is 1. The van der Waals surface area contributed by atoms with Gasteiger partial charge in [-0.3, -0.25) is 0 Å². The normalized spacial score (nSPS) is 12.8. The van der Waals surface area contributed by atoms with Crippen LogP contribution in [0, 0.1) is 0 Å². The fourth-order valence-corrected chi connectivity index (χ4v) is 3.28. The predicted octanol–water partition coefficient (Wildman–Crippen LogP) is 6.83. The number of alkyl halides is 6. The molecule has 0 bridgehead atoms. The van der Waals surface area contributed by atoms with Crippen LogP contribution in [-0.2, 0) is 17.1 Å². The van der Waals surface area contributed by atoms with E-state index < -0.39 is 40.6 Å². The smallest absolute Gasteiger partial charge is 0.417 e. The Kier molecular flexibility index (Phi) is 6.08. The summed E-state index contributed by atoms with van der Waals surface area (Å²) in [6.07, 6.45) is -9.44. The quantitative estimate of drug-likeness (QED) is 0.401. The minimum Gasteiger partial charge on any atom is -0.456 e. The van der Waals surface area contributed by atoms with Crippen molar-refractivity contribution in [3.8, 4) is 0 Å². The summed E-state index contributed by atoms with van der Waals surface area (Å²) in [6, 6.07) is 7.18. The lowest BCUT2D eigenvalue weighted by Crippen LogP contribution is -2.26. The third-order valence-electron chi connectivity index (χ3n) is 3.32. The third-order valence-corrected chi connectivity index (χ3v) is 4.37. The van der Waals surface area contributed by atoms with E-state index in [1.807, 2.05) is 0 Å². The Bertz CT molecular complexity index is 866. The molecular formula is C19H16F6O2S. The number of carbonyl (C=O) groups excluding carboxylic acids is 1. The summed E-state index contributed by atoms with van der Waals surface area (Å²) in [5.74, 6) is -1.20. The zero-order valence-electron chi connectivity index (χ0n) is 15.0. The SMILES string of the molecule is CC(C)(C)OC(=O)c1c(Sc2cccc(C(F)(F)F)c2)cccc1C(F)(F)F. The van der Waals surface area contributed by atoms with Crippen LogP contribution in [0.3, 0.4) is 0 Å². The van der Waals surface area contributed by atoms with Crippen molar-refractivity contribution < 1.29 is 35.9 Å². The average Bonchev–Trinajstić information content (AvgIpc) is 2.51. The van der Waals surface area contributed by atoms with Gasteiger partial charge in [-0.1, -0.05) is 23.9 Å². The van der Waals surface area contributed by atoms with Crippen LogP contribution in [0.15, 0.2) is 52.3 Å². The first kappa shape index (κ1) is 22.1. The first-order valence-corrected chi connectivity index (χ1v) is 8.79. The van der Waals surface area contributed by atoms with Gasteiger partial charge in [-0.15, -0.1) is 0 Å². The van der Waals surface area contributed by atoms with Gasteiger partial charge < -0.3 is 4.74 Å². The van der Waals surface area contributed by atoms with Crippen molar-refractivity contribution in [2.75, 3.05) is 0 Å². The number of carbonyl (C=O) groups is 1. The lowest BCUT2D eigenvalue weighted by molar-refractivity contribution is -0.138. The minimum absolute atomic E-state index is 0.0407. The van der Waals surface area contributed by atoms with Crippen LogP contribution in [0.5, 0.6) is 0 Å². The molecule has 0 aliphatic rings. The van der Waals surface area contributed by atoms with Gasteiger partial charge in [0.05, 0.1) is 16.7 Å². The highest BCUT2D eigenvalue weighted by atomic mass is 32.2. The van der Waals surface area contributed by atoms with Crippen molar-refractivity contribution in [3.05, 3.63) is 59.2 Å². The van der Waals surface area contributed by atoms with Crippen LogP contribution in [-0.4, -0.2) is 11.6 Å². The summed E-state index contributed by atoms with van der Waals surface area (Å²) in [4.78, 5) is 12.3. The summed E-state index contributed by atoms with van der Waals surface area (Å²) < 4.78 is 84.0. The van der Waals surface area contributed by atoms with Crippen molar-refractivity contribution in [1.82, 2.24) is 0 Å². The van der Waals surface area contributed by atoms with E-state index in [-0.39, 0.29) is 9.79 Å². The Hall–Kier alpha value is -2.16. The van der Waals surface area contributed by atoms with Gasteiger partial charge in [0.25, 0.3) is 0 Å². The summed E-state index contributed by atoms with van der Waals surface area (Å²) >= 11 is 0.628. The van der Waals surface area contributed by atoms with E-state index in [9.17, 15) is 31.1 Å². The molecule has 28 heavy (non-hydrogen) atoms. The zero-order valence-corrected chi connectivity index (χ0v) is 15.9. The van der Waals surface area contributed by atoms with Crippen molar-refractivity contribution in [1.29, 1.82) is 0 Å². The van der Waals surface area contributed by atoms with E-state index in [0.717, 1.165) is 30.3 Å². The number of benzene rings is 2. The summed E-state index contributed by atoms with van der Waals surface area (Å²) in [5.41, 5.74) is -3.93. The van der Waals surface area contributed by atoms with Gasteiger partial charge in [0.2, 0.25) is 0 Å². The van der Waals surface area contributed by atoms with E-state index >= 15 is 0 Å². The maximum atomic E-state index is 13.4. The maximum absolute atomic E-state index is 13.4. The molecule has 0 saturated heterocycles. The Morgan fingerprint density at radius 3 is 2.04 bits per heavy atom. The second-order valence-electron chi connectivity index (χ2n) is 6.81. The molecule has 0 saturated carbocycles. The van der Waals surface area contributed by atoms with Crippen LogP contribution < -0.4 is 0 Å². The molecule has 0 N–H and O–H groups in total. The Morgan fingerprint density at radius 1 is 0.893 bits per heavy atom. The molecular weight excluding hydrogens is 406 g/mol. The highest BCUT2D eigenvalue weighted by molar-refractivity contribution is 7.99. The molecule has 0 unspecified atom stereocenters. The van der Waals surface area contributed by atoms with Gasteiger partial charge in [0, 0.05) is 9.79 Å². The molecule has 0 radical (unpaired) electrons. The van der Waals surface area contributed by atoms with Crippen molar-refractivity contribution >= 4 is 17.7 Å². The highest BCUT2D eigenvalue weighted by Gasteiger charge is 2.38. The zero-order chi connectivity index (χ0) is 21.3. The molecule has 0 aliphatic carbocycles. The number of rotatable bonds is 3. The number of halogens is 6. The van der Waals surface area contributed by atoms with E-state index in [1.165, 1.54) is 32.9 Å². The van der Waals surface area contributed by atoms with Gasteiger partial charge in [0.15, 0.2) is 0 Å². The molecule has 2 rings (SSSR count). The summed E-state index contributed by atoms with van der Waals surface area (Å²) in [6.45, 7) is 4.50. The lowest BCUT2D eigenvalue weighted by atomic mass is 10.1. The Morgan fingerprint density at radius 2 is 1.50 bits per heavy atom. The average molecular weight is 422 g/mol. The number of hydrogen-bond acceptors (Lipinski definition) is 3. The fraction of sp³-hybridized carbons (Fsp3) is 0.316. The molecule has 0 spiro atoms. The molecule has 0 fully saturated rings. The first-order chi connectivity index (χ1) is 12.7. The molecule has 152 valence electrons. The molecule has 0 heterocycles. The third kappa shape index (κ3) is 5.67. The topological polar surface area (TPSA) is 26.3 Å². The van der Waals surface area contributed by atoms with Crippen LogP contribution in [0.25, 0.3) is 0 Å². The molecule has 0 aliphatic heterocycles. The predicted molar refractivity (Wildman–Crippen MR) is 92.2 cm³/mol. The van der Waals surface area contributed by atoms with Gasteiger partial charge in [-0.25, -0.2) is 4.79 Å². The lowest BCUT2D eigenvalue weighted by Gasteiger charge is -2.22. The van der Waals surface area contributed by atoms with Gasteiger partial charge in [-0.05, 0) is 51.1 Å². The van der Waals surface area contributed by atoms with Crippen molar-refractivity contribution in [2.24, 2.45) is 0 Å². The van der Waals surface area contributed by atoms with Gasteiger partial charge >= 0.3 is 18.3 Å². The molecule has 0 atom stereocenters. The van der Waals surface area contributed by atoms with Crippen molar-refractivity contribution in [2.45, 2.75) is 48.5 Å². The van der Waals surface area contributed by atoms with E-state index in [0.29, 0.717) is 11.8 Å². The Balaban J connectivity index is 2.54. The molecule has 9 heteroatoms. The standard InChI is InChI=1S/C19H16F6O2S/c1-17(2,3)27-16(26)15-13(19(23,24)25)8-5-9-14(15)28-12-7-4-6-11(10-12)18(20,21)22/h4-10H,1-3H3. The van der Waals surface area contributed by atoms with E-state index in [2.05, 4.69) is 0 Å². The van der Waals surface area contributed by atoms with Crippen LogP contribution in [0.1, 0.15) is 42.3 Å². The van der Waals surface area contributed by atoms with Crippen LogP contribution >= 0.6 is 11.8 Å². The second kappa shape index (κ2) is 7.69. The van der Waals surface area contributed by atoms with E-state index in [4.69, 9.17) is 4.74 Å². The number of ether oxygens (including phenoxy) is 1. The van der Waals surface area contributed by atoms with Gasteiger partial charge in [-0.2, -0.15) is 26.3 Å². The molecule has 2 aromatic rings. The fourth-order valence-electron chi connectivity index (χ4n) is 2.25. The summed E-state index contributed by atoms with van der Waals surface area (Å²) in [5, 5.41) is 0. The molecule has 0 aromatic heterocycles. The van der Waals surface area contributed by atoms with Crippen LogP contribution in [0.4, 0.5) is 26.3 Å².